The van der Waals surface area contributed by atoms with Crippen LogP contribution >= 0.6 is 11.9 Å². The molecule has 0 saturated heterocycles. The second kappa shape index (κ2) is 5.69. The molecule has 0 aliphatic carbocycles. The number of nitrogens with zero attached hydrogens (tertiary/aromatic N) is 2. The van der Waals surface area contributed by atoms with Gasteiger partial charge >= 0.3 is 0 Å². The molecular formula is C4H8N2S. The standard InChI is InChI=1S/C4H8N2S/c1-3-5-4-6-7-2/h3-4H,1-2H3/b5-3+,6-4-. The predicted octanol–water partition coefficient (Wildman–Crippen LogP) is 1.38. The summed E-state index contributed by atoms with van der Waals surface area (Å²) in [5.74, 6) is 0. The highest BCUT2D eigenvalue weighted by atomic mass is 32.2. The Bertz CT molecular complexity index is 77.8. The van der Waals surface area contributed by atoms with Crippen molar-refractivity contribution in [3.63, 3.8) is 0 Å². The zero-order valence-electron chi connectivity index (χ0n) is 4.46. The minimum atomic E-state index is 1.40. The van der Waals surface area contributed by atoms with Crippen LogP contribution in [0, 0.1) is 0 Å². The van der Waals surface area contributed by atoms with E-state index in [1.165, 1.54) is 18.3 Å². The third-order valence-electron chi connectivity index (χ3n) is 0.368. The maximum Gasteiger partial charge on any atom is 0.123 e. The maximum atomic E-state index is 3.76. The van der Waals surface area contributed by atoms with Crippen molar-refractivity contribution in [3.8, 4) is 0 Å². The molecule has 0 N–H and O–H groups in total. The molecule has 2 nitrogen and oxygen atoms in total. The molecule has 0 atom stereocenters. The Kier molecular flexibility index (Phi) is 5.44. The van der Waals surface area contributed by atoms with E-state index in [9.17, 15) is 0 Å². The van der Waals surface area contributed by atoms with E-state index >= 15 is 0 Å². The van der Waals surface area contributed by atoms with Gasteiger partial charge in [0, 0.05) is 12.5 Å². The lowest BCUT2D eigenvalue weighted by Crippen LogP contribution is -1.60. The van der Waals surface area contributed by atoms with Crippen molar-refractivity contribution in [3.05, 3.63) is 0 Å². The first-order chi connectivity index (χ1) is 3.41. The van der Waals surface area contributed by atoms with Crippen molar-refractivity contribution in [2.45, 2.75) is 6.92 Å². The third kappa shape index (κ3) is 5.69. The van der Waals surface area contributed by atoms with E-state index in [0.717, 1.165) is 0 Å². The third-order valence-corrected chi connectivity index (χ3v) is 0.673. The molecule has 0 fully saturated rings. The second-order valence-corrected chi connectivity index (χ2v) is 1.39. The molecular weight excluding hydrogens is 108 g/mol. The summed E-state index contributed by atoms with van der Waals surface area (Å²) in [5.41, 5.74) is 0. The van der Waals surface area contributed by atoms with Crippen LogP contribution in [0.25, 0.3) is 0 Å². The molecule has 0 aliphatic rings. The van der Waals surface area contributed by atoms with Crippen molar-refractivity contribution >= 4 is 24.5 Å². The van der Waals surface area contributed by atoms with Gasteiger partial charge in [0.15, 0.2) is 0 Å². The lowest BCUT2D eigenvalue weighted by atomic mass is 10.9. The van der Waals surface area contributed by atoms with Crippen LogP contribution in [0.1, 0.15) is 6.92 Å². The van der Waals surface area contributed by atoms with Crippen LogP contribution in [0.15, 0.2) is 9.39 Å². The van der Waals surface area contributed by atoms with Crippen molar-refractivity contribution in [2.24, 2.45) is 9.39 Å². The zero-order valence-corrected chi connectivity index (χ0v) is 5.27. The van der Waals surface area contributed by atoms with E-state index in [1.807, 2.05) is 13.2 Å². The highest BCUT2D eigenvalue weighted by molar-refractivity contribution is 7.97. The van der Waals surface area contributed by atoms with Gasteiger partial charge < -0.3 is 0 Å². The summed E-state index contributed by atoms with van der Waals surface area (Å²) in [7, 11) is 0. The highest BCUT2D eigenvalue weighted by Gasteiger charge is 1.58. The molecule has 0 aromatic carbocycles. The summed E-state index contributed by atoms with van der Waals surface area (Å²) in [4.78, 5) is 3.72. The van der Waals surface area contributed by atoms with E-state index < -0.39 is 0 Å². The Morgan fingerprint density at radius 2 is 2.29 bits per heavy atom. The Hall–Kier alpha value is -0.310. The van der Waals surface area contributed by atoms with Crippen LogP contribution in [-0.2, 0) is 0 Å². The van der Waals surface area contributed by atoms with Gasteiger partial charge in [-0.05, 0) is 18.9 Å². The van der Waals surface area contributed by atoms with Crippen LogP contribution < -0.4 is 0 Å². The summed E-state index contributed by atoms with van der Waals surface area (Å²) in [6.45, 7) is 1.85. The van der Waals surface area contributed by atoms with Crippen molar-refractivity contribution < 1.29 is 0 Å². The summed E-state index contributed by atoms with van der Waals surface area (Å²) in [6.07, 6.45) is 5.10. The fraction of sp³-hybridized carbons (Fsp3) is 0.500. The van der Waals surface area contributed by atoms with Gasteiger partial charge in [-0.25, -0.2) is 9.39 Å². The second-order valence-electron chi connectivity index (χ2n) is 0.811. The molecule has 3 heteroatoms. The number of aliphatic imine (C=N–C) groups is 1. The average Bonchev–Trinajstić information content (AvgIpc) is 1.69. The number of rotatable bonds is 2. The lowest BCUT2D eigenvalue weighted by Gasteiger charge is -1.71. The first-order valence-electron chi connectivity index (χ1n) is 1.94. The van der Waals surface area contributed by atoms with Crippen molar-refractivity contribution in [1.82, 2.24) is 0 Å². The van der Waals surface area contributed by atoms with Crippen molar-refractivity contribution in [1.29, 1.82) is 0 Å². The van der Waals surface area contributed by atoms with Gasteiger partial charge in [-0.15, -0.1) is 0 Å². The summed E-state index contributed by atoms with van der Waals surface area (Å²) >= 11 is 1.40. The fourth-order valence-electron chi connectivity index (χ4n) is 0.141. The summed E-state index contributed by atoms with van der Waals surface area (Å²) in [6, 6.07) is 0. The minimum Gasteiger partial charge on any atom is -0.249 e. The van der Waals surface area contributed by atoms with Gasteiger partial charge in [-0.3, -0.25) is 0 Å². The summed E-state index contributed by atoms with van der Waals surface area (Å²) < 4.78 is 3.76. The van der Waals surface area contributed by atoms with E-state index in [0.29, 0.717) is 0 Å². The van der Waals surface area contributed by atoms with E-state index in [-0.39, 0.29) is 0 Å². The van der Waals surface area contributed by atoms with E-state index in [2.05, 4.69) is 9.39 Å². The Morgan fingerprint density at radius 1 is 1.57 bits per heavy atom. The first kappa shape index (κ1) is 6.69. The average molecular weight is 116 g/mol. The normalized spacial score (nSPS) is 11.7. The SMILES string of the molecule is C/C=N/C=N\SC. The molecule has 0 rings (SSSR count). The number of hydrogen-bond donors (Lipinski definition) is 0. The quantitative estimate of drug-likeness (QED) is 0.304. The van der Waals surface area contributed by atoms with Gasteiger partial charge in [-0.2, -0.15) is 0 Å². The molecule has 0 heterocycles. The van der Waals surface area contributed by atoms with Gasteiger partial charge in [0.25, 0.3) is 0 Å². The van der Waals surface area contributed by atoms with Gasteiger partial charge in [-0.1, -0.05) is 0 Å². The first-order valence-corrected chi connectivity index (χ1v) is 3.12. The molecule has 0 aromatic heterocycles. The minimum absolute atomic E-state index is 1.40. The molecule has 0 spiro atoms. The summed E-state index contributed by atoms with van der Waals surface area (Å²) in [5, 5.41) is 0. The molecule has 0 unspecified atom stereocenters. The molecule has 0 radical (unpaired) electrons. The van der Waals surface area contributed by atoms with E-state index in [4.69, 9.17) is 0 Å². The molecule has 0 saturated carbocycles. The highest BCUT2D eigenvalue weighted by Crippen LogP contribution is 1.88. The largest absolute Gasteiger partial charge is 0.249 e. The van der Waals surface area contributed by atoms with Crippen LogP contribution in [-0.4, -0.2) is 18.8 Å². The van der Waals surface area contributed by atoms with Crippen LogP contribution in [0.3, 0.4) is 0 Å². The van der Waals surface area contributed by atoms with Gasteiger partial charge in [0.05, 0.1) is 0 Å². The van der Waals surface area contributed by atoms with E-state index in [1.54, 1.807) is 6.21 Å². The van der Waals surface area contributed by atoms with Gasteiger partial charge in [0.2, 0.25) is 0 Å². The molecule has 0 bridgehead atoms. The zero-order chi connectivity index (χ0) is 5.54. The predicted molar refractivity (Wildman–Crippen MR) is 36.2 cm³/mol. The van der Waals surface area contributed by atoms with Gasteiger partial charge in [0.1, 0.15) is 6.34 Å². The van der Waals surface area contributed by atoms with Crippen molar-refractivity contribution in [2.75, 3.05) is 6.26 Å². The maximum absolute atomic E-state index is 3.76. The van der Waals surface area contributed by atoms with Crippen LogP contribution in [0.5, 0.6) is 0 Å². The fourth-order valence-corrected chi connectivity index (χ4v) is 0.290. The topological polar surface area (TPSA) is 24.7 Å². The Balaban J connectivity index is 3.09. The lowest BCUT2D eigenvalue weighted by molar-refractivity contribution is 1.73. The Labute approximate surface area is 47.9 Å². The smallest absolute Gasteiger partial charge is 0.123 e. The van der Waals surface area contributed by atoms with Crippen LogP contribution in [0.4, 0.5) is 0 Å². The van der Waals surface area contributed by atoms with Crippen LogP contribution in [0.2, 0.25) is 0 Å². The molecule has 0 aliphatic heterocycles. The monoisotopic (exact) mass is 116 g/mol. The molecule has 7 heavy (non-hydrogen) atoms. The Morgan fingerprint density at radius 3 is 2.71 bits per heavy atom. The molecule has 0 aromatic rings. The number of hydrogen-bond acceptors (Lipinski definition) is 2. The molecule has 0 amide bonds. The molecule has 40 valence electrons.